The number of morpholine rings is 1. The fraction of sp³-hybridized carbons (Fsp3) is 0.382. The van der Waals surface area contributed by atoms with E-state index in [0.717, 1.165) is 48.7 Å². The van der Waals surface area contributed by atoms with Crippen LogP contribution in [0.1, 0.15) is 47.4 Å². The number of fused-ring (bicyclic) bond motifs is 1. The van der Waals surface area contributed by atoms with E-state index in [9.17, 15) is 8.42 Å². The van der Waals surface area contributed by atoms with Crippen LogP contribution in [0.25, 0.3) is 16.7 Å². The van der Waals surface area contributed by atoms with Gasteiger partial charge in [0.15, 0.2) is 5.82 Å². The highest BCUT2D eigenvalue weighted by molar-refractivity contribution is 7.92. The second kappa shape index (κ2) is 12.6. The third kappa shape index (κ3) is 6.23. The number of benzene rings is 3. The number of ether oxygens (including phenoxy) is 1. The minimum absolute atomic E-state index is 0.224. The highest BCUT2D eigenvalue weighted by Crippen LogP contribution is 2.41. The second-order valence-electron chi connectivity index (χ2n) is 12.2. The molecular formula is C34H42N4O3SSi. The lowest BCUT2D eigenvalue weighted by Crippen LogP contribution is -2.43. The summed E-state index contributed by atoms with van der Waals surface area (Å²) in [5.41, 5.74) is 9.69. The minimum Gasteiger partial charge on any atom is -0.378 e. The normalized spacial score (nSPS) is 14.4. The maximum Gasteiger partial charge on any atom is 0.261 e. The van der Waals surface area contributed by atoms with Crippen LogP contribution in [-0.2, 0) is 14.8 Å². The molecule has 1 aromatic heterocycles. The number of sulfonamides is 1. The van der Waals surface area contributed by atoms with E-state index in [1.807, 2.05) is 12.1 Å². The monoisotopic (exact) mass is 614 g/mol. The number of imidazole rings is 1. The summed E-state index contributed by atoms with van der Waals surface area (Å²) in [6, 6.07) is 22.2. The molecule has 9 heteroatoms. The lowest BCUT2D eigenvalue weighted by Gasteiger charge is -2.38. The van der Waals surface area contributed by atoms with Crippen LogP contribution < -0.4 is 9.62 Å². The zero-order valence-corrected chi connectivity index (χ0v) is 27.8. The van der Waals surface area contributed by atoms with E-state index in [1.54, 1.807) is 42.5 Å². The summed E-state index contributed by atoms with van der Waals surface area (Å²) < 4.78 is 36.1. The molecule has 1 aliphatic rings. The largest absolute Gasteiger partial charge is 0.378 e. The molecule has 0 aliphatic carbocycles. The van der Waals surface area contributed by atoms with Crippen LogP contribution in [0.2, 0.25) is 16.6 Å². The topological polar surface area (TPSA) is 76.5 Å². The lowest BCUT2D eigenvalue weighted by atomic mass is 10.2. The Morgan fingerprint density at radius 3 is 2.05 bits per heavy atom. The maximum atomic E-state index is 12.9. The summed E-state index contributed by atoms with van der Waals surface area (Å²) in [5.74, 6) is 4.28. The van der Waals surface area contributed by atoms with Gasteiger partial charge in [-0.3, -0.25) is 9.29 Å². The summed E-state index contributed by atoms with van der Waals surface area (Å²) in [7, 11) is -5.69. The molecule has 1 aliphatic heterocycles. The van der Waals surface area contributed by atoms with Gasteiger partial charge in [-0.2, -0.15) is 0 Å². The molecule has 43 heavy (non-hydrogen) atoms. The maximum absolute atomic E-state index is 12.9. The van der Waals surface area contributed by atoms with Crippen molar-refractivity contribution in [2.75, 3.05) is 35.9 Å². The first kappa shape index (κ1) is 30.9. The van der Waals surface area contributed by atoms with Crippen molar-refractivity contribution in [1.82, 2.24) is 9.55 Å². The molecule has 5 rings (SSSR count). The SMILES string of the molecule is CC(C)[Si](C#Cc1nc2cc(N3CCOCC3)ccc2n1-c1ccc(NS(=O)(=O)c2ccccc2)cc1)(C(C)C)C(C)C. The van der Waals surface area contributed by atoms with Crippen molar-refractivity contribution in [3.8, 4) is 17.2 Å². The summed E-state index contributed by atoms with van der Waals surface area (Å²) in [6.45, 7) is 17.0. The molecule has 0 radical (unpaired) electrons. The molecule has 2 heterocycles. The summed E-state index contributed by atoms with van der Waals surface area (Å²) in [5, 5.41) is 0. The fourth-order valence-electron chi connectivity index (χ4n) is 6.52. The van der Waals surface area contributed by atoms with Crippen LogP contribution >= 0.6 is 0 Å². The Morgan fingerprint density at radius 2 is 1.44 bits per heavy atom. The Hall–Kier alpha value is -3.58. The molecule has 7 nitrogen and oxygen atoms in total. The van der Waals surface area contributed by atoms with Gasteiger partial charge >= 0.3 is 0 Å². The highest BCUT2D eigenvalue weighted by atomic mass is 32.2. The molecule has 1 fully saturated rings. The predicted octanol–water partition coefficient (Wildman–Crippen LogP) is 7.23. The van der Waals surface area contributed by atoms with Gasteiger partial charge in [0.25, 0.3) is 10.0 Å². The molecule has 0 spiro atoms. The van der Waals surface area contributed by atoms with Crippen LogP contribution in [0.5, 0.6) is 0 Å². The molecule has 1 N–H and O–H groups in total. The van der Waals surface area contributed by atoms with E-state index in [0.29, 0.717) is 28.1 Å². The first-order valence-corrected chi connectivity index (χ1v) is 18.8. The van der Waals surface area contributed by atoms with Gasteiger partial charge in [0.1, 0.15) is 8.07 Å². The van der Waals surface area contributed by atoms with E-state index in [2.05, 4.69) is 85.4 Å². The minimum atomic E-state index is -3.69. The smallest absolute Gasteiger partial charge is 0.261 e. The summed E-state index contributed by atoms with van der Waals surface area (Å²) >= 11 is 0. The van der Waals surface area contributed by atoms with Gasteiger partial charge in [-0.1, -0.05) is 59.7 Å². The first-order chi connectivity index (χ1) is 20.5. The van der Waals surface area contributed by atoms with Crippen LogP contribution in [0.15, 0.2) is 77.7 Å². The van der Waals surface area contributed by atoms with Gasteiger partial charge in [0.05, 0.1) is 29.1 Å². The molecule has 0 bridgehead atoms. The zero-order valence-electron chi connectivity index (χ0n) is 26.0. The summed E-state index contributed by atoms with van der Waals surface area (Å²) in [4.78, 5) is 7.64. The van der Waals surface area contributed by atoms with Crippen LogP contribution in [0.3, 0.4) is 0 Å². The molecule has 0 amide bonds. The van der Waals surface area contributed by atoms with E-state index < -0.39 is 18.1 Å². The van der Waals surface area contributed by atoms with Crippen molar-refractivity contribution < 1.29 is 13.2 Å². The Labute approximate surface area is 257 Å². The van der Waals surface area contributed by atoms with Gasteiger partial charge in [-0.25, -0.2) is 13.4 Å². The average molecular weight is 615 g/mol. The molecule has 0 saturated carbocycles. The van der Waals surface area contributed by atoms with Gasteiger partial charge in [-0.15, -0.1) is 5.54 Å². The number of nitrogens with one attached hydrogen (secondary N) is 1. The second-order valence-corrected chi connectivity index (χ2v) is 19.4. The van der Waals surface area contributed by atoms with Gasteiger partial charge < -0.3 is 9.64 Å². The molecule has 3 aromatic carbocycles. The third-order valence-electron chi connectivity index (χ3n) is 8.70. The van der Waals surface area contributed by atoms with Crippen molar-refractivity contribution in [2.24, 2.45) is 0 Å². The standard InChI is InChI=1S/C34H42N4O3SSi/c1-25(2)43(26(3)4,27(5)6)23-18-34-35-32-24-30(37-19-21-41-22-20-37)16-17-33(32)38(34)29-14-12-28(13-15-29)36-42(39,40)31-10-8-7-9-11-31/h7-17,24-27,36H,19-22H2,1-6H3. The quantitative estimate of drug-likeness (QED) is 0.167. The Morgan fingerprint density at radius 1 is 0.837 bits per heavy atom. The Kier molecular flexibility index (Phi) is 9.02. The predicted molar refractivity (Wildman–Crippen MR) is 179 cm³/mol. The van der Waals surface area contributed by atoms with Crippen LogP contribution in [0, 0.1) is 11.5 Å². The summed E-state index contributed by atoms with van der Waals surface area (Å²) in [6.07, 6.45) is 0. The van der Waals surface area contributed by atoms with Crippen molar-refractivity contribution in [2.45, 2.75) is 63.1 Å². The average Bonchev–Trinajstić information content (AvgIpc) is 3.35. The Balaban J connectivity index is 1.59. The number of aromatic nitrogens is 2. The van der Waals surface area contributed by atoms with E-state index >= 15 is 0 Å². The first-order valence-electron chi connectivity index (χ1n) is 15.1. The number of hydrogen-bond donors (Lipinski definition) is 1. The Bertz CT molecular complexity index is 1710. The molecule has 0 unspecified atom stereocenters. The number of anilines is 2. The highest BCUT2D eigenvalue weighted by Gasteiger charge is 2.41. The van der Waals surface area contributed by atoms with Crippen molar-refractivity contribution in [3.63, 3.8) is 0 Å². The van der Waals surface area contributed by atoms with E-state index in [1.165, 1.54) is 0 Å². The molecule has 4 aromatic rings. The van der Waals surface area contributed by atoms with Gasteiger partial charge in [-0.05, 0) is 77.1 Å². The van der Waals surface area contributed by atoms with Crippen molar-refractivity contribution >= 4 is 40.5 Å². The van der Waals surface area contributed by atoms with E-state index in [4.69, 9.17) is 9.72 Å². The van der Waals surface area contributed by atoms with Gasteiger partial charge in [0.2, 0.25) is 0 Å². The molecular weight excluding hydrogens is 573 g/mol. The van der Waals surface area contributed by atoms with Crippen molar-refractivity contribution in [3.05, 3.63) is 78.6 Å². The molecule has 0 atom stereocenters. The number of hydrogen-bond acceptors (Lipinski definition) is 5. The fourth-order valence-corrected chi connectivity index (χ4v) is 12.8. The van der Waals surface area contributed by atoms with Crippen LogP contribution in [0.4, 0.5) is 11.4 Å². The number of nitrogens with zero attached hydrogens (tertiary/aromatic N) is 3. The van der Waals surface area contributed by atoms with Crippen molar-refractivity contribution in [1.29, 1.82) is 0 Å². The van der Waals surface area contributed by atoms with E-state index in [-0.39, 0.29) is 4.90 Å². The van der Waals surface area contributed by atoms with Gasteiger partial charge in [0, 0.05) is 30.2 Å². The molecule has 226 valence electrons. The zero-order chi connectivity index (χ0) is 30.8. The third-order valence-corrected chi connectivity index (χ3v) is 16.4. The van der Waals surface area contributed by atoms with Crippen LogP contribution in [-0.4, -0.2) is 52.3 Å². The number of rotatable bonds is 8. The lowest BCUT2D eigenvalue weighted by molar-refractivity contribution is 0.122. The molecule has 1 saturated heterocycles.